The van der Waals surface area contributed by atoms with Crippen molar-refractivity contribution in [2.24, 2.45) is 26.4 Å². The highest BCUT2D eigenvalue weighted by Crippen LogP contribution is 2.43. The number of rotatable bonds is 7. The summed E-state index contributed by atoms with van der Waals surface area (Å²) in [5, 5.41) is 44.1. The molecule has 48 heavy (non-hydrogen) atoms. The minimum absolute atomic E-state index is 0.0298. The Morgan fingerprint density at radius 3 is 2.44 bits per heavy atom. The van der Waals surface area contributed by atoms with Gasteiger partial charge in [-0.3, -0.25) is 4.55 Å². The molecule has 0 aliphatic heterocycles. The van der Waals surface area contributed by atoms with Gasteiger partial charge in [-0.2, -0.15) is 18.6 Å². The van der Waals surface area contributed by atoms with Gasteiger partial charge in [0.2, 0.25) is 0 Å². The number of nitrogens with one attached hydrogen (secondary N) is 1. The molecule has 0 heterocycles. The first-order valence-electron chi connectivity index (χ1n) is 14.4. The number of phenols is 2. The molecule has 6 rings (SSSR count). The number of allylic oxidation sites excluding steroid dienone is 4. The predicted octanol–water partition coefficient (Wildman–Crippen LogP) is 9.87. The van der Waals surface area contributed by atoms with Crippen molar-refractivity contribution in [2.45, 2.75) is 28.5 Å². The minimum atomic E-state index is -4.86. The number of nitrogens with zero attached hydrogens (tertiary/aromatic N) is 4. The Bertz CT molecular complexity index is 2450. The van der Waals surface area contributed by atoms with Gasteiger partial charge in [0.15, 0.2) is 5.75 Å². The van der Waals surface area contributed by atoms with Crippen LogP contribution in [0.2, 0.25) is 0 Å². The van der Waals surface area contributed by atoms with Crippen LogP contribution in [0.3, 0.4) is 0 Å². The maximum absolute atomic E-state index is 12.4. The number of hydrogen-bond donors (Lipinski definition) is 6. The molecule has 0 saturated heterocycles. The Hall–Kier alpha value is -5.13. The van der Waals surface area contributed by atoms with Crippen LogP contribution in [0.25, 0.3) is 21.5 Å². The van der Waals surface area contributed by atoms with Crippen LogP contribution in [0.4, 0.5) is 28.4 Å². The number of anilines is 1. The normalized spacial score (nSPS) is 14.8. The molecule has 5 aromatic rings. The van der Waals surface area contributed by atoms with Crippen molar-refractivity contribution in [3.63, 3.8) is 0 Å². The fourth-order valence-corrected chi connectivity index (χ4v) is 6.36. The molecular formula is C35H27N5O5S3. The van der Waals surface area contributed by atoms with Crippen molar-refractivity contribution in [1.82, 2.24) is 0 Å². The van der Waals surface area contributed by atoms with E-state index in [1.54, 1.807) is 37.3 Å². The highest BCUT2D eigenvalue weighted by molar-refractivity contribution is 7.86. The predicted molar refractivity (Wildman–Crippen MR) is 193 cm³/mol. The third kappa shape index (κ3) is 6.78. The molecule has 0 fully saturated rings. The average Bonchev–Trinajstić information content (AvgIpc) is 3.24. The zero-order chi connectivity index (χ0) is 34.2. The molecule has 4 N–H and O–H groups in total. The van der Waals surface area contributed by atoms with Crippen molar-refractivity contribution in [2.75, 3.05) is 5.32 Å². The van der Waals surface area contributed by atoms with Crippen LogP contribution in [0.1, 0.15) is 12.5 Å². The zero-order valence-corrected chi connectivity index (χ0v) is 28.0. The number of phenolic OH excluding ortho intramolecular Hbond substituents is 2. The SMILES string of the molecule is Cc1cc(/N=N\c2c(S(=O)(=O)O)cc3cc(NC4=CC=CC#CC4C)ccc3c2O)c(O)cc1/N=N\c1cc(S)c2cccc(S)c2c1. The van der Waals surface area contributed by atoms with Gasteiger partial charge in [0.05, 0.1) is 17.3 Å². The van der Waals surface area contributed by atoms with E-state index < -0.39 is 26.5 Å². The largest absolute Gasteiger partial charge is 0.506 e. The number of fused-ring (bicyclic) bond motifs is 2. The Morgan fingerprint density at radius 1 is 0.854 bits per heavy atom. The lowest BCUT2D eigenvalue weighted by Gasteiger charge is -2.15. The van der Waals surface area contributed by atoms with E-state index >= 15 is 0 Å². The summed E-state index contributed by atoms with van der Waals surface area (Å²) in [6.45, 7) is 3.67. The van der Waals surface area contributed by atoms with Gasteiger partial charge < -0.3 is 15.5 Å². The van der Waals surface area contributed by atoms with Crippen molar-refractivity contribution in [1.29, 1.82) is 0 Å². The van der Waals surface area contributed by atoms with E-state index in [1.807, 2.05) is 43.3 Å². The summed E-state index contributed by atoms with van der Waals surface area (Å²) in [5.74, 6) is 5.10. The lowest BCUT2D eigenvalue weighted by Crippen LogP contribution is -2.07. The number of benzene rings is 5. The number of hydrogen-bond acceptors (Lipinski definition) is 11. The third-order valence-corrected chi connectivity index (χ3v) is 9.23. The molecule has 1 atom stereocenters. The van der Waals surface area contributed by atoms with E-state index in [-0.39, 0.29) is 22.7 Å². The van der Waals surface area contributed by atoms with Crippen LogP contribution in [0, 0.1) is 24.7 Å². The van der Waals surface area contributed by atoms with Crippen LogP contribution in [-0.4, -0.2) is 23.2 Å². The molecule has 0 bridgehead atoms. The summed E-state index contributed by atoms with van der Waals surface area (Å²) in [5.41, 5.74) is 2.38. The molecule has 1 aliphatic rings. The monoisotopic (exact) mass is 693 g/mol. The zero-order valence-electron chi connectivity index (χ0n) is 25.4. The number of thiol groups is 2. The molecule has 0 amide bonds. The van der Waals surface area contributed by atoms with Crippen molar-refractivity contribution in [3.8, 4) is 23.3 Å². The summed E-state index contributed by atoms with van der Waals surface area (Å²) in [4.78, 5) is 0.821. The Morgan fingerprint density at radius 2 is 1.65 bits per heavy atom. The fraction of sp³-hybridized carbons (Fsp3) is 0.0857. The molecule has 240 valence electrons. The van der Waals surface area contributed by atoms with Gasteiger partial charge in [-0.05, 0) is 96.3 Å². The second-order valence-electron chi connectivity index (χ2n) is 11.0. The molecular weight excluding hydrogens is 667 g/mol. The molecule has 1 aliphatic carbocycles. The van der Waals surface area contributed by atoms with Gasteiger partial charge in [-0.1, -0.05) is 30.0 Å². The summed E-state index contributed by atoms with van der Waals surface area (Å²) in [7, 11) is -4.86. The van der Waals surface area contributed by atoms with E-state index in [9.17, 15) is 23.2 Å². The summed E-state index contributed by atoms with van der Waals surface area (Å²) in [6, 6.07) is 18.2. The molecule has 0 saturated carbocycles. The van der Waals surface area contributed by atoms with Gasteiger partial charge in [0.25, 0.3) is 10.1 Å². The number of aromatic hydroxyl groups is 2. The Labute approximate surface area is 287 Å². The first kappa shape index (κ1) is 32.8. The van der Waals surface area contributed by atoms with E-state index in [4.69, 9.17) is 0 Å². The van der Waals surface area contributed by atoms with E-state index in [2.05, 4.69) is 62.9 Å². The van der Waals surface area contributed by atoms with Crippen molar-refractivity contribution >= 4 is 85.4 Å². The van der Waals surface area contributed by atoms with Gasteiger partial charge in [0, 0.05) is 32.6 Å². The Balaban J connectivity index is 1.32. The van der Waals surface area contributed by atoms with E-state index in [0.29, 0.717) is 32.9 Å². The topological polar surface area (TPSA) is 156 Å². The molecule has 5 aromatic carbocycles. The first-order valence-corrected chi connectivity index (χ1v) is 16.8. The highest BCUT2D eigenvalue weighted by atomic mass is 32.2. The standard InChI is InChI=1S/C35H27N5O5S3/c1-19-7-4-3-5-9-27(19)36-22-11-12-24-21(14-22)15-33(48(43,44)45)34(35(24)42)40-39-29-13-20(2)28(18-30(29)41)38-37-23-16-26-25(32(47)17-23)8-6-10-31(26)46/h3,5-6,8-19,36,41-42,46-47H,1-2H3,(H,43,44,45)/b38-37-,40-39-. The lowest BCUT2D eigenvalue weighted by atomic mass is 10.1. The summed E-state index contributed by atoms with van der Waals surface area (Å²) >= 11 is 9.07. The minimum Gasteiger partial charge on any atom is -0.506 e. The number of aryl methyl sites for hydroxylation is 1. The van der Waals surface area contributed by atoms with Crippen LogP contribution in [-0.2, 0) is 10.1 Å². The maximum Gasteiger partial charge on any atom is 0.296 e. The van der Waals surface area contributed by atoms with Crippen LogP contribution in [0.15, 0.2) is 126 Å². The average molecular weight is 694 g/mol. The van der Waals surface area contributed by atoms with Crippen molar-refractivity contribution in [3.05, 3.63) is 96.2 Å². The number of azo groups is 2. The first-order chi connectivity index (χ1) is 22.9. The van der Waals surface area contributed by atoms with E-state index in [0.717, 1.165) is 21.4 Å². The van der Waals surface area contributed by atoms with Crippen LogP contribution < -0.4 is 5.32 Å². The second kappa shape index (κ2) is 13.2. The smallest absolute Gasteiger partial charge is 0.296 e. The third-order valence-electron chi connectivity index (χ3n) is 7.60. The quantitative estimate of drug-likeness (QED) is 0.0431. The second-order valence-corrected chi connectivity index (χ2v) is 13.3. The van der Waals surface area contributed by atoms with Crippen molar-refractivity contribution < 1.29 is 23.2 Å². The van der Waals surface area contributed by atoms with Gasteiger partial charge in [0.1, 0.15) is 22.0 Å². The molecule has 0 aromatic heterocycles. The summed E-state index contributed by atoms with van der Waals surface area (Å²) < 4.78 is 34.9. The van der Waals surface area contributed by atoms with E-state index in [1.165, 1.54) is 18.2 Å². The molecule has 13 heteroatoms. The summed E-state index contributed by atoms with van der Waals surface area (Å²) in [6.07, 6.45) is 5.43. The highest BCUT2D eigenvalue weighted by Gasteiger charge is 2.23. The van der Waals surface area contributed by atoms with Crippen LogP contribution >= 0.6 is 25.3 Å². The molecule has 1 unspecified atom stereocenters. The molecule has 0 spiro atoms. The van der Waals surface area contributed by atoms with Crippen LogP contribution in [0.5, 0.6) is 11.5 Å². The fourth-order valence-electron chi connectivity index (χ4n) is 5.10. The molecule has 0 radical (unpaired) electrons. The maximum atomic E-state index is 12.4. The van der Waals surface area contributed by atoms with Gasteiger partial charge >= 0.3 is 0 Å². The molecule has 10 nitrogen and oxygen atoms in total. The van der Waals surface area contributed by atoms with Gasteiger partial charge in [-0.15, -0.1) is 35.5 Å². The van der Waals surface area contributed by atoms with Gasteiger partial charge in [-0.25, -0.2) is 0 Å². The lowest BCUT2D eigenvalue weighted by molar-refractivity contribution is 0.471. The Kier molecular flexibility index (Phi) is 9.00.